The first-order valence-corrected chi connectivity index (χ1v) is 9.33. The molecule has 2 aromatic carbocycles. The Morgan fingerprint density at radius 1 is 0.794 bits per heavy atom. The molecule has 0 bridgehead atoms. The number of ether oxygens (including phenoxy) is 4. The van der Waals surface area contributed by atoms with E-state index in [-0.39, 0.29) is 42.9 Å². The summed E-state index contributed by atoms with van der Waals surface area (Å²) in [5.41, 5.74) is -4.08. The highest BCUT2D eigenvalue weighted by Gasteiger charge is 2.48. The van der Waals surface area contributed by atoms with Crippen LogP contribution in [0, 0.1) is 23.4 Å². The van der Waals surface area contributed by atoms with Gasteiger partial charge in [-0.15, -0.1) is 13.2 Å². The van der Waals surface area contributed by atoms with Gasteiger partial charge in [0.25, 0.3) is 0 Å². The van der Waals surface area contributed by atoms with Crippen LogP contribution in [0.2, 0.25) is 0 Å². The van der Waals surface area contributed by atoms with E-state index in [9.17, 15) is 43.9 Å². The lowest BCUT2D eigenvalue weighted by molar-refractivity contribution is -0.432. The lowest BCUT2D eigenvalue weighted by Gasteiger charge is -2.28. The van der Waals surface area contributed by atoms with E-state index in [2.05, 4.69) is 9.47 Å². The lowest BCUT2D eigenvalue weighted by Crippen LogP contribution is -2.29. The van der Waals surface area contributed by atoms with E-state index in [4.69, 9.17) is 9.47 Å². The van der Waals surface area contributed by atoms with Crippen molar-refractivity contribution in [3.05, 3.63) is 64.5 Å². The summed E-state index contributed by atoms with van der Waals surface area (Å²) < 4.78 is 152. The molecule has 0 aliphatic carbocycles. The fourth-order valence-corrected chi connectivity index (χ4v) is 2.99. The molecule has 14 heteroatoms. The van der Waals surface area contributed by atoms with E-state index in [0.717, 1.165) is 0 Å². The van der Waals surface area contributed by atoms with Crippen molar-refractivity contribution in [1.29, 1.82) is 0 Å². The summed E-state index contributed by atoms with van der Waals surface area (Å²) in [6.45, 7) is 2.14. The summed E-state index contributed by atoms with van der Waals surface area (Å²) in [5, 5.41) is 0. The SMILES string of the molecule is CC1COC(c2cc(F)c(C(F)(F)Oc3ccc(C(F)(F)OC(F)(F)F)c(F)c3)c(F)c2)OC1. The van der Waals surface area contributed by atoms with Crippen LogP contribution in [0.3, 0.4) is 0 Å². The van der Waals surface area contributed by atoms with E-state index in [1.54, 1.807) is 6.92 Å². The average molecular weight is 508 g/mol. The molecule has 0 saturated carbocycles. The molecule has 1 saturated heterocycles. The van der Waals surface area contributed by atoms with Gasteiger partial charge in [-0.2, -0.15) is 17.6 Å². The summed E-state index contributed by atoms with van der Waals surface area (Å²) in [4.78, 5) is 0. The summed E-state index contributed by atoms with van der Waals surface area (Å²) in [5.74, 6) is -6.90. The Bertz CT molecular complexity index is 1010. The summed E-state index contributed by atoms with van der Waals surface area (Å²) in [7, 11) is 0. The largest absolute Gasteiger partial charge is 0.527 e. The second kappa shape index (κ2) is 9.23. The summed E-state index contributed by atoms with van der Waals surface area (Å²) in [6, 6.07) is 1.13. The third-order valence-electron chi connectivity index (χ3n) is 4.44. The van der Waals surface area contributed by atoms with Gasteiger partial charge < -0.3 is 14.2 Å². The smallest absolute Gasteiger partial charge is 0.429 e. The van der Waals surface area contributed by atoms with E-state index >= 15 is 0 Å². The van der Waals surface area contributed by atoms with Crippen LogP contribution in [0.5, 0.6) is 5.75 Å². The zero-order chi connectivity index (χ0) is 25.5. The van der Waals surface area contributed by atoms with Gasteiger partial charge in [-0.25, -0.2) is 17.9 Å². The normalized spacial score (nSPS) is 19.9. The van der Waals surface area contributed by atoms with Crippen molar-refractivity contribution in [1.82, 2.24) is 0 Å². The molecular formula is C20H14F10O4. The molecule has 0 unspecified atom stereocenters. The van der Waals surface area contributed by atoms with Crippen LogP contribution < -0.4 is 4.74 Å². The molecule has 4 nitrogen and oxygen atoms in total. The molecule has 0 spiro atoms. The fourth-order valence-electron chi connectivity index (χ4n) is 2.99. The minimum absolute atomic E-state index is 0.00490. The highest BCUT2D eigenvalue weighted by atomic mass is 19.4. The van der Waals surface area contributed by atoms with Crippen molar-refractivity contribution < 1.29 is 62.9 Å². The first-order chi connectivity index (χ1) is 15.6. The number of rotatable bonds is 6. The Morgan fingerprint density at radius 2 is 1.35 bits per heavy atom. The number of hydrogen-bond acceptors (Lipinski definition) is 4. The molecule has 3 rings (SSSR count). The molecular weight excluding hydrogens is 494 g/mol. The third-order valence-corrected chi connectivity index (χ3v) is 4.44. The van der Waals surface area contributed by atoms with Crippen molar-refractivity contribution in [2.24, 2.45) is 5.92 Å². The molecule has 1 aliphatic heterocycles. The second-order valence-corrected chi connectivity index (χ2v) is 7.29. The van der Waals surface area contributed by atoms with Gasteiger partial charge in [0.05, 0.1) is 18.8 Å². The molecule has 2 aromatic rings. The quantitative estimate of drug-likeness (QED) is 0.418. The maximum atomic E-state index is 14.5. The van der Waals surface area contributed by atoms with Crippen molar-refractivity contribution in [3.63, 3.8) is 0 Å². The minimum Gasteiger partial charge on any atom is -0.429 e. The molecule has 0 atom stereocenters. The van der Waals surface area contributed by atoms with Gasteiger partial charge in [0.15, 0.2) is 6.29 Å². The molecule has 0 amide bonds. The molecule has 1 fully saturated rings. The van der Waals surface area contributed by atoms with Crippen molar-refractivity contribution in [2.45, 2.75) is 31.8 Å². The van der Waals surface area contributed by atoms with E-state index in [0.29, 0.717) is 12.1 Å². The molecule has 0 N–H and O–H groups in total. The number of alkyl halides is 7. The van der Waals surface area contributed by atoms with Gasteiger partial charge in [0, 0.05) is 17.5 Å². The van der Waals surface area contributed by atoms with E-state index < -0.39 is 59.2 Å². The Morgan fingerprint density at radius 3 is 1.85 bits per heavy atom. The van der Waals surface area contributed by atoms with Gasteiger partial charge >= 0.3 is 18.6 Å². The van der Waals surface area contributed by atoms with Crippen LogP contribution in [-0.4, -0.2) is 19.6 Å². The van der Waals surface area contributed by atoms with Gasteiger partial charge in [0.2, 0.25) is 0 Å². The second-order valence-electron chi connectivity index (χ2n) is 7.29. The zero-order valence-electron chi connectivity index (χ0n) is 16.9. The molecule has 34 heavy (non-hydrogen) atoms. The van der Waals surface area contributed by atoms with E-state index in [1.165, 1.54) is 0 Å². The maximum absolute atomic E-state index is 14.5. The summed E-state index contributed by atoms with van der Waals surface area (Å²) >= 11 is 0. The van der Waals surface area contributed by atoms with Crippen LogP contribution in [0.4, 0.5) is 43.9 Å². The first kappa shape index (κ1) is 26.0. The van der Waals surface area contributed by atoms with E-state index in [1.807, 2.05) is 0 Å². The molecule has 1 heterocycles. The third kappa shape index (κ3) is 5.91. The van der Waals surface area contributed by atoms with Crippen LogP contribution in [0.15, 0.2) is 30.3 Å². The highest BCUT2D eigenvalue weighted by molar-refractivity contribution is 5.33. The minimum atomic E-state index is -5.84. The fraction of sp³-hybridized carbons (Fsp3) is 0.400. The Labute approximate surface area is 185 Å². The predicted molar refractivity (Wildman–Crippen MR) is 92.1 cm³/mol. The monoisotopic (exact) mass is 508 g/mol. The van der Waals surface area contributed by atoms with Crippen molar-refractivity contribution >= 4 is 0 Å². The Hall–Kier alpha value is -2.58. The molecule has 0 aromatic heterocycles. The summed E-state index contributed by atoms with van der Waals surface area (Å²) in [6.07, 6.45) is -17.0. The predicted octanol–water partition coefficient (Wildman–Crippen LogP) is 6.50. The van der Waals surface area contributed by atoms with Crippen LogP contribution in [0.1, 0.15) is 29.9 Å². The number of hydrogen-bond donors (Lipinski definition) is 0. The van der Waals surface area contributed by atoms with Gasteiger partial charge in [-0.3, -0.25) is 0 Å². The number of benzene rings is 2. The van der Waals surface area contributed by atoms with Crippen LogP contribution in [-0.2, 0) is 26.4 Å². The highest BCUT2D eigenvalue weighted by Crippen LogP contribution is 2.41. The standard InChI is InChI=1S/C20H14F10O4/c1-9-7-31-17(32-8-9)10-4-14(22)16(15(23)5-10)19(26,27)33-11-2-3-12(13(21)6-11)18(24,25)34-20(28,29)30/h2-6,9,17H,7-8H2,1H3. The average Bonchev–Trinajstić information content (AvgIpc) is 2.65. The van der Waals surface area contributed by atoms with Gasteiger partial charge in [0.1, 0.15) is 28.8 Å². The molecule has 188 valence electrons. The Kier molecular flexibility index (Phi) is 7.06. The Balaban J connectivity index is 1.84. The lowest BCUT2D eigenvalue weighted by atomic mass is 10.1. The zero-order valence-corrected chi connectivity index (χ0v) is 16.9. The van der Waals surface area contributed by atoms with Gasteiger partial charge in [-0.05, 0) is 24.3 Å². The molecule has 1 aliphatic rings. The van der Waals surface area contributed by atoms with Crippen molar-refractivity contribution in [2.75, 3.05) is 13.2 Å². The first-order valence-electron chi connectivity index (χ1n) is 9.33. The van der Waals surface area contributed by atoms with Crippen LogP contribution >= 0.6 is 0 Å². The van der Waals surface area contributed by atoms with Crippen molar-refractivity contribution in [3.8, 4) is 5.75 Å². The van der Waals surface area contributed by atoms with Gasteiger partial charge in [-0.1, -0.05) is 6.92 Å². The topological polar surface area (TPSA) is 36.9 Å². The number of halogens is 10. The maximum Gasteiger partial charge on any atom is 0.527 e. The van der Waals surface area contributed by atoms with Crippen LogP contribution in [0.25, 0.3) is 0 Å². The molecule has 0 radical (unpaired) electrons.